The molecule has 0 bridgehead atoms. The van der Waals surface area contributed by atoms with Crippen LogP contribution in [0.25, 0.3) is 0 Å². The maximum atomic E-state index is 11.6. The van der Waals surface area contributed by atoms with E-state index in [0.29, 0.717) is 0 Å². The molecule has 21 heavy (non-hydrogen) atoms. The Hall–Kier alpha value is -1.54. The highest BCUT2D eigenvalue weighted by atomic mass is 35.5. The van der Waals surface area contributed by atoms with E-state index >= 15 is 0 Å². The lowest BCUT2D eigenvalue weighted by molar-refractivity contribution is -0.158. The second-order valence-corrected chi connectivity index (χ2v) is 5.57. The van der Waals surface area contributed by atoms with Gasteiger partial charge < -0.3 is 14.4 Å². The van der Waals surface area contributed by atoms with Gasteiger partial charge in [-0.05, 0) is 12.3 Å². The molecule has 0 N–H and O–H groups in total. The Bertz CT molecular complexity index is 480. The predicted molar refractivity (Wildman–Crippen MR) is 75.3 cm³/mol. The molecule has 1 rings (SSSR count). The molecule has 116 valence electrons. The number of alkyl halides is 1. The minimum Gasteiger partial charge on any atom is -0.466 e. The molecule has 1 fully saturated rings. The Morgan fingerprint density at radius 1 is 1.52 bits per heavy atom. The van der Waals surface area contributed by atoms with Gasteiger partial charge in [-0.1, -0.05) is 11.6 Å². The number of amides is 1. The third-order valence-electron chi connectivity index (χ3n) is 2.44. The standard InChI is InChI=1S/C12H14ClNO6S/c1-7(15)6-20-12(18)11(13)14-8(16)5-9(14)21-4-3-10(17)19-2/h3-4,9,11H,5-6H2,1-2H3/b4-3+/t9-,11?/m1/s1. The van der Waals surface area contributed by atoms with E-state index in [1.807, 2.05) is 0 Å². The highest BCUT2D eigenvalue weighted by Gasteiger charge is 2.43. The van der Waals surface area contributed by atoms with Gasteiger partial charge in [0.15, 0.2) is 5.78 Å². The molecule has 1 unspecified atom stereocenters. The van der Waals surface area contributed by atoms with Crippen LogP contribution in [0.4, 0.5) is 0 Å². The number of methoxy groups -OCH3 is 1. The quantitative estimate of drug-likeness (QED) is 0.222. The topological polar surface area (TPSA) is 90.0 Å². The van der Waals surface area contributed by atoms with Crippen molar-refractivity contribution >= 4 is 47.0 Å². The molecule has 0 saturated carbocycles. The number of hydrogen-bond donors (Lipinski definition) is 0. The summed E-state index contributed by atoms with van der Waals surface area (Å²) in [5, 5.41) is 1.09. The zero-order valence-corrected chi connectivity index (χ0v) is 13.0. The maximum absolute atomic E-state index is 11.6. The number of carbonyl (C=O) groups is 4. The van der Waals surface area contributed by atoms with Gasteiger partial charge >= 0.3 is 11.9 Å². The van der Waals surface area contributed by atoms with Crippen LogP contribution in [0.2, 0.25) is 0 Å². The van der Waals surface area contributed by atoms with Crippen molar-refractivity contribution in [2.75, 3.05) is 13.7 Å². The fourth-order valence-electron chi connectivity index (χ4n) is 1.40. The highest BCUT2D eigenvalue weighted by Crippen LogP contribution is 2.33. The van der Waals surface area contributed by atoms with E-state index in [9.17, 15) is 19.2 Å². The molecule has 0 aromatic carbocycles. The number of nitrogens with zero attached hydrogens (tertiary/aromatic N) is 1. The van der Waals surface area contributed by atoms with E-state index in [4.69, 9.17) is 11.6 Å². The Morgan fingerprint density at radius 3 is 2.71 bits per heavy atom. The number of hydrogen-bond acceptors (Lipinski definition) is 7. The molecule has 0 aliphatic carbocycles. The van der Waals surface area contributed by atoms with Crippen LogP contribution in [0.5, 0.6) is 0 Å². The van der Waals surface area contributed by atoms with E-state index < -0.39 is 17.4 Å². The van der Waals surface area contributed by atoms with Gasteiger partial charge in [-0.25, -0.2) is 9.59 Å². The van der Waals surface area contributed by atoms with E-state index in [1.165, 1.54) is 25.5 Å². The fourth-order valence-corrected chi connectivity index (χ4v) is 2.75. The summed E-state index contributed by atoms with van der Waals surface area (Å²) in [5.41, 5.74) is -1.30. The first kappa shape index (κ1) is 17.5. The Morgan fingerprint density at radius 2 is 2.19 bits per heavy atom. The number of carbonyl (C=O) groups excluding carboxylic acids is 4. The third kappa shape index (κ3) is 5.05. The Balaban J connectivity index is 2.53. The maximum Gasteiger partial charge on any atom is 0.345 e. The molecular weight excluding hydrogens is 322 g/mol. The van der Waals surface area contributed by atoms with Crippen molar-refractivity contribution < 1.29 is 28.7 Å². The molecule has 0 spiro atoms. The smallest absolute Gasteiger partial charge is 0.345 e. The summed E-state index contributed by atoms with van der Waals surface area (Å²) < 4.78 is 9.08. The summed E-state index contributed by atoms with van der Waals surface area (Å²) in [4.78, 5) is 45.9. The van der Waals surface area contributed by atoms with Gasteiger partial charge in [0.05, 0.1) is 18.9 Å². The first-order valence-electron chi connectivity index (χ1n) is 5.88. The van der Waals surface area contributed by atoms with Gasteiger partial charge in [-0.15, -0.1) is 11.8 Å². The molecule has 1 saturated heterocycles. The van der Waals surface area contributed by atoms with Crippen molar-refractivity contribution in [2.24, 2.45) is 0 Å². The molecular formula is C12H14ClNO6S. The van der Waals surface area contributed by atoms with Crippen LogP contribution in [0.3, 0.4) is 0 Å². The van der Waals surface area contributed by atoms with Crippen molar-refractivity contribution in [1.82, 2.24) is 4.90 Å². The number of ether oxygens (including phenoxy) is 2. The Kier molecular flexibility index (Phi) is 6.70. The van der Waals surface area contributed by atoms with Crippen LogP contribution in [0.1, 0.15) is 13.3 Å². The predicted octanol–water partition coefficient (Wildman–Crippen LogP) is 0.662. The normalized spacial score (nSPS) is 19.1. The summed E-state index contributed by atoms with van der Waals surface area (Å²) >= 11 is 7.02. The summed E-state index contributed by atoms with van der Waals surface area (Å²) in [6.45, 7) is 0.881. The number of likely N-dealkylation sites (tertiary alicyclic amines) is 1. The van der Waals surface area contributed by atoms with Crippen molar-refractivity contribution in [3.8, 4) is 0 Å². The van der Waals surface area contributed by atoms with Gasteiger partial charge in [0.25, 0.3) is 0 Å². The van der Waals surface area contributed by atoms with Crippen molar-refractivity contribution in [3.05, 3.63) is 11.5 Å². The SMILES string of the molecule is COC(=O)/C=C/S[C@@H]1CC(=O)N1C(Cl)C(=O)OCC(C)=O. The van der Waals surface area contributed by atoms with Gasteiger partial charge in [-0.3, -0.25) is 9.59 Å². The highest BCUT2D eigenvalue weighted by molar-refractivity contribution is 8.02. The minimum absolute atomic E-state index is 0.194. The van der Waals surface area contributed by atoms with Crippen LogP contribution in [0, 0.1) is 0 Å². The van der Waals surface area contributed by atoms with Gasteiger partial charge in [-0.2, -0.15) is 0 Å². The zero-order chi connectivity index (χ0) is 16.0. The van der Waals surface area contributed by atoms with Crippen LogP contribution in [-0.2, 0) is 28.7 Å². The minimum atomic E-state index is -1.30. The number of β-lactam (4-membered cyclic amide) rings is 1. The first-order chi connectivity index (χ1) is 9.86. The van der Waals surface area contributed by atoms with Gasteiger partial charge in [0.1, 0.15) is 6.61 Å². The molecule has 0 aromatic rings. The Labute approximate surface area is 130 Å². The van der Waals surface area contributed by atoms with Gasteiger partial charge in [0, 0.05) is 6.08 Å². The monoisotopic (exact) mass is 335 g/mol. The van der Waals surface area contributed by atoms with Crippen LogP contribution < -0.4 is 0 Å². The fraction of sp³-hybridized carbons (Fsp3) is 0.500. The summed E-state index contributed by atoms with van der Waals surface area (Å²) in [7, 11) is 1.25. The lowest BCUT2D eigenvalue weighted by Crippen LogP contribution is -2.56. The largest absolute Gasteiger partial charge is 0.466 e. The number of Topliss-reactive ketones (excluding diaryl/α,β-unsaturated/α-hetero) is 1. The van der Waals surface area contributed by atoms with E-state index in [0.717, 1.165) is 16.7 Å². The number of rotatable bonds is 7. The van der Waals surface area contributed by atoms with E-state index in [1.54, 1.807) is 0 Å². The summed E-state index contributed by atoms with van der Waals surface area (Å²) in [6.07, 6.45) is 1.39. The molecule has 1 heterocycles. The molecule has 2 atom stereocenters. The number of ketones is 1. The van der Waals surface area contributed by atoms with Crippen molar-refractivity contribution in [3.63, 3.8) is 0 Å². The number of halogens is 1. The third-order valence-corrected chi connectivity index (χ3v) is 3.83. The summed E-state index contributed by atoms with van der Waals surface area (Å²) in [6, 6.07) is 0. The first-order valence-corrected chi connectivity index (χ1v) is 7.26. The molecule has 1 amide bonds. The molecule has 1 aliphatic heterocycles. The second-order valence-electron chi connectivity index (χ2n) is 4.07. The molecule has 1 aliphatic rings. The van der Waals surface area contributed by atoms with E-state index in [2.05, 4.69) is 9.47 Å². The van der Waals surface area contributed by atoms with Gasteiger partial charge in [0.2, 0.25) is 11.4 Å². The van der Waals surface area contributed by atoms with Crippen molar-refractivity contribution in [1.29, 1.82) is 0 Å². The second kappa shape index (κ2) is 8.04. The average molecular weight is 336 g/mol. The number of thioether (sulfide) groups is 1. The van der Waals surface area contributed by atoms with Crippen LogP contribution in [-0.4, -0.2) is 53.1 Å². The molecule has 0 radical (unpaired) electrons. The van der Waals surface area contributed by atoms with E-state index in [-0.39, 0.29) is 30.1 Å². The van der Waals surface area contributed by atoms with Crippen LogP contribution in [0.15, 0.2) is 11.5 Å². The molecule has 9 heteroatoms. The lowest BCUT2D eigenvalue weighted by atomic mass is 10.2. The average Bonchev–Trinajstić information content (AvgIpc) is 2.42. The summed E-state index contributed by atoms with van der Waals surface area (Å²) in [5.74, 6) is -2.02. The molecule has 7 nitrogen and oxygen atoms in total. The van der Waals surface area contributed by atoms with Crippen LogP contribution >= 0.6 is 23.4 Å². The zero-order valence-electron chi connectivity index (χ0n) is 11.4. The molecule has 0 aromatic heterocycles. The number of esters is 2. The van der Waals surface area contributed by atoms with Crippen molar-refractivity contribution in [2.45, 2.75) is 24.2 Å². The lowest BCUT2D eigenvalue weighted by Gasteiger charge is -2.40.